The average molecular weight is 452 g/mol. The number of fused-ring (bicyclic) bond motifs is 4. The number of Topliss-reactive ketones (excluding diaryl/α,β-unsaturated/α-hetero) is 1. The van der Waals surface area contributed by atoms with Crippen molar-refractivity contribution in [1.82, 2.24) is 14.8 Å². The molecule has 0 bridgehead atoms. The van der Waals surface area contributed by atoms with Crippen molar-refractivity contribution >= 4 is 16.7 Å². The third-order valence-electron chi connectivity index (χ3n) is 10.2. The number of hydrogen-bond donors (Lipinski definition) is 1. The van der Waals surface area contributed by atoms with E-state index in [1.807, 2.05) is 30.1 Å². The first kappa shape index (κ1) is 23.0. The van der Waals surface area contributed by atoms with Crippen molar-refractivity contribution in [2.24, 2.45) is 35.0 Å². The summed E-state index contributed by atoms with van der Waals surface area (Å²) >= 11 is 0. The summed E-state index contributed by atoms with van der Waals surface area (Å²) in [5.41, 5.74) is 0.618. The standard InChI is InChI=1S/C28H41N3O2/c1-4-27(2,33)13-10-19-6-5-7-22-21(19)11-14-28(3)23(22)8-9-24(28)26(32)18-31-25-12-15-29-16-20(25)17-30-31/h12,15-17,19,21-24,33H,4-11,13-14,18H2,1-3H3. The maximum Gasteiger partial charge on any atom is 0.157 e. The first-order chi connectivity index (χ1) is 15.8. The Bertz CT molecular complexity index is 998. The van der Waals surface area contributed by atoms with Crippen LogP contribution < -0.4 is 0 Å². The number of hydrogen-bond acceptors (Lipinski definition) is 4. The summed E-state index contributed by atoms with van der Waals surface area (Å²) in [6, 6.07) is 1.96. The molecule has 0 aromatic carbocycles. The number of nitrogens with zero attached hydrogens (tertiary/aromatic N) is 3. The van der Waals surface area contributed by atoms with E-state index in [-0.39, 0.29) is 11.3 Å². The van der Waals surface area contributed by atoms with Crippen LogP contribution in [-0.2, 0) is 11.3 Å². The second-order valence-corrected chi connectivity index (χ2v) is 11.9. The van der Waals surface area contributed by atoms with Crippen LogP contribution >= 0.6 is 0 Å². The van der Waals surface area contributed by atoms with Crippen molar-refractivity contribution in [2.75, 3.05) is 0 Å². The summed E-state index contributed by atoms with van der Waals surface area (Å²) in [4.78, 5) is 17.8. The highest BCUT2D eigenvalue weighted by molar-refractivity contribution is 5.84. The third-order valence-corrected chi connectivity index (χ3v) is 10.2. The Morgan fingerprint density at radius 1 is 1.21 bits per heavy atom. The molecule has 0 radical (unpaired) electrons. The van der Waals surface area contributed by atoms with Gasteiger partial charge < -0.3 is 5.11 Å². The SMILES string of the molecule is CCC(C)(O)CCC1CCCC2C1CCC1(C)C(C(=O)Cn3ncc4cnccc43)CCC21. The molecule has 0 amide bonds. The Morgan fingerprint density at radius 3 is 2.88 bits per heavy atom. The first-order valence-corrected chi connectivity index (χ1v) is 13.3. The van der Waals surface area contributed by atoms with E-state index >= 15 is 0 Å². The van der Waals surface area contributed by atoms with Crippen molar-refractivity contribution < 1.29 is 9.90 Å². The predicted molar refractivity (Wildman–Crippen MR) is 131 cm³/mol. The smallest absolute Gasteiger partial charge is 0.157 e. The van der Waals surface area contributed by atoms with Gasteiger partial charge in [0.25, 0.3) is 0 Å². The van der Waals surface area contributed by atoms with Crippen molar-refractivity contribution in [1.29, 1.82) is 0 Å². The Morgan fingerprint density at radius 2 is 2.06 bits per heavy atom. The molecule has 5 nitrogen and oxygen atoms in total. The molecule has 5 heteroatoms. The normalized spacial score (nSPS) is 35.7. The van der Waals surface area contributed by atoms with Crippen LogP contribution in [0.25, 0.3) is 10.9 Å². The first-order valence-electron chi connectivity index (χ1n) is 13.3. The fourth-order valence-electron chi connectivity index (χ4n) is 8.02. The van der Waals surface area contributed by atoms with Crippen LogP contribution in [0.4, 0.5) is 0 Å². The molecule has 3 aliphatic rings. The molecule has 3 fully saturated rings. The van der Waals surface area contributed by atoms with Crippen LogP contribution in [0.1, 0.15) is 85.0 Å². The van der Waals surface area contributed by atoms with Crippen LogP contribution in [0.3, 0.4) is 0 Å². The lowest BCUT2D eigenvalue weighted by molar-refractivity contribution is -0.130. The van der Waals surface area contributed by atoms with Crippen LogP contribution in [0.5, 0.6) is 0 Å². The van der Waals surface area contributed by atoms with E-state index in [1.165, 1.54) is 38.5 Å². The topological polar surface area (TPSA) is 68.0 Å². The highest BCUT2D eigenvalue weighted by Crippen LogP contribution is 2.63. The molecule has 7 atom stereocenters. The molecule has 0 spiro atoms. The molecule has 1 N–H and O–H groups in total. The molecule has 180 valence electrons. The monoisotopic (exact) mass is 451 g/mol. The summed E-state index contributed by atoms with van der Waals surface area (Å²) in [6.45, 7) is 6.90. The molecular formula is C28H41N3O2. The van der Waals surface area contributed by atoms with E-state index in [2.05, 4.69) is 23.9 Å². The molecule has 33 heavy (non-hydrogen) atoms. The van der Waals surface area contributed by atoms with Gasteiger partial charge in [-0.15, -0.1) is 0 Å². The minimum absolute atomic E-state index is 0.138. The number of pyridine rings is 1. The average Bonchev–Trinajstić information content (AvgIpc) is 3.38. The van der Waals surface area contributed by atoms with Crippen LogP contribution in [0.15, 0.2) is 24.7 Å². The number of carbonyl (C=O) groups is 1. The Labute approximate surface area is 198 Å². The van der Waals surface area contributed by atoms with Gasteiger partial charge in [-0.3, -0.25) is 14.5 Å². The minimum Gasteiger partial charge on any atom is -0.390 e. The van der Waals surface area contributed by atoms with Crippen molar-refractivity contribution in [3.05, 3.63) is 24.7 Å². The number of aliphatic hydroxyl groups is 1. The van der Waals surface area contributed by atoms with Gasteiger partial charge in [0.15, 0.2) is 5.78 Å². The molecule has 2 heterocycles. The lowest BCUT2D eigenvalue weighted by Gasteiger charge is -2.53. The predicted octanol–water partition coefficient (Wildman–Crippen LogP) is 5.80. The summed E-state index contributed by atoms with van der Waals surface area (Å²) < 4.78 is 1.87. The second kappa shape index (κ2) is 8.79. The molecule has 0 saturated heterocycles. The number of aromatic nitrogens is 3. The molecule has 2 aromatic heterocycles. The molecular weight excluding hydrogens is 410 g/mol. The maximum atomic E-state index is 13.6. The Kier molecular flexibility index (Phi) is 6.13. The zero-order valence-corrected chi connectivity index (χ0v) is 20.7. The van der Waals surface area contributed by atoms with Gasteiger partial charge in [-0.2, -0.15) is 5.10 Å². The molecule has 0 aliphatic heterocycles. The van der Waals surface area contributed by atoms with Gasteiger partial charge in [-0.25, -0.2) is 0 Å². The largest absolute Gasteiger partial charge is 0.390 e. The van der Waals surface area contributed by atoms with E-state index in [0.717, 1.165) is 54.3 Å². The van der Waals surface area contributed by atoms with Crippen molar-refractivity contribution in [2.45, 2.75) is 97.1 Å². The zero-order chi connectivity index (χ0) is 23.2. The minimum atomic E-state index is -0.520. The summed E-state index contributed by atoms with van der Waals surface area (Å²) in [5, 5.41) is 16.0. The molecule has 3 saturated carbocycles. The number of ketones is 1. The van der Waals surface area contributed by atoms with E-state index in [9.17, 15) is 9.90 Å². The summed E-state index contributed by atoms with van der Waals surface area (Å²) in [5.74, 6) is 3.52. The molecule has 5 rings (SSSR count). The summed E-state index contributed by atoms with van der Waals surface area (Å²) in [7, 11) is 0. The lowest BCUT2D eigenvalue weighted by atomic mass is 9.52. The Hall–Kier alpha value is -1.75. The van der Waals surface area contributed by atoms with Crippen LogP contribution in [0.2, 0.25) is 0 Å². The van der Waals surface area contributed by atoms with Crippen LogP contribution in [-0.4, -0.2) is 31.3 Å². The fourth-order valence-corrected chi connectivity index (χ4v) is 8.02. The quantitative estimate of drug-likeness (QED) is 0.578. The van der Waals surface area contributed by atoms with E-state index in [4.69, 9.17) is 0 Å². The van der Waals surface area contributed by atoms with Gasteiger partial charge in [0, 0.05) is 23.7 Å². The van der Waals surface area contributed by atoms with Gasteiger partial charge in [0.2, 0.25) is 0 Å². The second-order valence-electron chi connectivity index (χ2n) is 11.9. The lowest BCUT2D eigenvalue weighted by Crippen LogP contribution is -2.47. The number of rotatable bonds is 7. The van der Waals surface area contributed by atoms with E-state index in [0.29, 0.717) is 18.2 Å². The highest BCUT2D eigenvalue weighted by atomic mass is 16.3. The third kappa shape index (κ3) is 4.15. The zero-order valence-electron chi connectivity index (χ0n) is 20.7. The summed E-state index contributed by atoms with van der Waals surface area (Å²) in [6.07, 6.45) is 17.0. The highest BCUT2D eigenvalue weighted by Gasteiger charge is 2.56. The van der Waals surface area contributed by atoms with E-state index in [1.54, 1.807) is 6.20 Å². The molecule has 7 unspecified atom stereocenters. The molecule has 3 aliphatic carbocycles. The number of carbonyl (C=O) groups excluding carboxylic acids is 1. The van der Waals surface area contributed by atoms with Gasteiger partial charge in [0.1, 0.15) is 6.54 Å². The molecule has 2 aromatic rings. The van der Waals surface area contributed by atoms with E-state index < -0.39 is 5.60 Å². The van der Waals surface area contributed by atoms with Crippen molar-refractivity contribution in [3.63, 3.8) is 0 Å². The maximum absolute atomic E-state index is 13.6. The van der Waals surface area contributed by atoms with Crippen molar-refractivity contribution in [3.8, 4) is 0 Å². The Balaban J connectivity index is 1.29. The van der Waals surface area contributed by atoms with Gasteiger partial charge in [-0.1, -0.05) is 26.7 Å². The van der Waals surface area contributed by atoms with Gasteiger partial charge in [0.05, 0.1) is 17.3 Å². The van der Waals surface area contributed by atoms with Gasteiger partial charge in [-0.05, 0) is 93.4 Å². The van der Waals surface area contributed by atoms with Crippen LogP contribution in [0, 0.1) is 35.0 Å². The fraction of sp³-hybridized carbons (Fsp3) is 0.750. The van der Waals surface area contributed by atoms with Gasteiger partial charge >= 0.3 is 0 Å².